The van der Waals surface area contributed by atoms with E-state index < -0.39 is 23.3 Å². The number of carboxylic acids is 1. The van der Waals surface area contributed by atoms with E-state index in [-0.39, 0.29) is 11.3 Å². The monoisotopic (exact) mass is 344 g/mol. The number of aliphatic carboxylic acids is 1. The molecule has 0 aliphatic carbocycles. The molecule has 2 rings (SSSR count). The van der Waals surface area contributed by atoms with Crippen LogP contribution in [0, 0.1) is 0 Å². The fraction of sp³-hybridized carbons (Fsp3) is 0.278. The minimum atomic E-state index is -1.35. The Bertz CT molecular complexity index is 770. The number of furan rings is 1. The predicted molar refractivity (Wildman–Crippen MR) is 91.5 cm³/mol. The fourth-order valence-corrected chi connectivity index (χ4v) is 2.38. The molecule has 0 spiro atoms. The Morgan fingerprint density at radius 1 is 1.16 bits per heavy atom. The van der Waals surface area contributed by atoms with Crippen molar-refractivity contribution in [1.29, 1.82) is 0 Å². The zero-order valence-corrected chi connectivity index (χ0v) is 14.0. The lowest BCUT2D eigenvalue weighted by Crippen LogP contribution is -2.52. The van der Waals surface area contributed by atoms with Gasteiger partial charge in [0.25, 0.3) is 11.8 Å². The number of amides is 2. The van der Waals surface area contributed by atoms with Gasteiger partial charge in [0.15, 0.2) is 5.76 Å². The van der Waals surface area contributed by atoms with Gasteiger partial charge in [0.1, 0.15) is 5.54 Å². The molecule has 0 bridgehead atoms. The van der Waals surface area contributed by atoms with Gasteiger partial charge in [-0.3, -0.25) is 9.59 Å². The number of benzene rings is 1. The quantitative estimate of drug-likeness (QED) is 0.715. The highest BCUT2D eigenvalue weighted by atomic mass is 16.4. The molecule has 3 N–H and O–H groups in total. The molecule has 1 unspecified atom stereocenters. The number of rotatable bonds is 7. The second-order valence-electron chi connectivity index (χ2n) is 5.85. The first-order chi connectivity index (χ1) is 11.9. The van der Waals surface area contributed by atoms with Crippen molar-refractivity contribution in [1.82, 2.24) is 5.32 Å². The van der Waals surface area contributed by atoms with Gasteiger partial charge in [-0.25, -0.2) is 4.79 Å². The maximum absolute atomic E-state index is 12.4. The topological polar surface area (TPSA) is 109 Å². The fourth-order valence-electron chi connectivity index (χ4n) is 2.38. The Morgan fingerprint density at radius 3 is 2.52 bits per heavy atom. The molecule has 0 aliphatic heterocycles. The number of carboxylic acid groups (broad SMARTS) is 1. The van der Waals surface area contributed by atoms with E-state index in [0.29, 0.717) is 18.5 Å². The number of carbonyl (C=O) groups is 3. The first-order valence-corrected chi connectivity index (χ1v) is 7.86. The summed E-state index contributed by atoms with van der Waals surface area (Å²) in [5, 5.41) is 14.5. The van der Waals surface area contributed by atoms with E-state index in [1.807, 2.05) is 6.92 Å². The molecule has 7 heteroatoms. The summed E-state index contributed by atoms with van der Waals surface area (Å²) < 4.78 is 5.01. The minimum Gasteiger partial charge on any atom is -0.480 e. The number of anilines is 1. The lowest BCUT2D eigenvalue weighted by Gasteiger charge is -2.25. The first-order valence-electron chi connectivity index (χ1n) is 7.86. The van der Waals surface area contributed by atoms with Gasteiger partial charge in [0, 0.05) is 11.3 Å². The Labute approximate surface area is 145 Å². The van der Waals surface area contributed by atoms with Crippen LogP contribution in [0.15, 0.2) is 47.1 Å². The molecule has 0 radical (unpaired) electrons. The van der Waals surface area contributed by atoms with Crippen LogP contribution in [0.2, 0.25) is 0 Å². The van der Waals surface area contributed by atoms with Gasteiger partial charge in [-0.2, -0.15) is 0 Å². The van der Waals surface area contributed by atoms with E-state index in [9.17, 15) is 19.5 Å². The molecule has 0 saturated heterocycles. The Morgan fingerprint density at radius 2 is 1.92 bits per heavy atom. The summed E-state index contributed by atoms with van der Waals surface area (Å²) >= 11 is 0. The zero-order chi connectivity index (χ0) is 18.4. The highest BCUT2D eigenvalue weighted by Crippen LogP contribution is 2.16. The molecule has 25 heavy (non-hydrogen) atoms. The SMILES string of the molecule is CCCC(C)(NC(=O)c1cccc(NC(=O)c2ccco2)c1)C(=O)O. The largest absolute Gasteiger partial charge is 0.480 e. The molecule has 1 atom stereocenters. The third kappa shape index (κ3) is 4.47. The van der Waals surface area contributed by atoms with Gasteiger partial charge in [0.2, 0.25) is 0 Å². The number of nitrogens with one attached hydrogen (secondary N) is 2. The maximum atomic E-state index is 12.4. The molecule has 0 fully saturated rings. The minimum absolute atomic E-state index is 0.149. The normalized spacial score (nSPS) is 12.9. The summed E-state index contributed by atoms with van der Waals surface area (Å²) in [6.07, 6.45) is 2.31. The molecule has 0 saturated carbocycles. The van der Waals surface area contributed by atoms with Gasteiger partial charge >= 0.3 is 5.97 Å². The molecule has 1 aromatic heterocycles. The summed E-state index contributed by atoms with van der Waals surface area (Å²) in [5.41, 5.74) is -0.693. The second-order valence-corrected chi connectivity index (χ2v) is 5.85. The van der Waals surface area contributed by atoms with Crippen molar-refractivity contribution in [3.63, 3.8) is 0 Å². The summed E-state index contributed by atoms with van der Waals surface area (Å²) in [6.45, 7) is 3.32. The molecule has 7 nitrogen and oxygen atoms in total. The Balaban J connectivity index is 2.13. The third-order valence-electron chi connectivity index (χ3n) is 3.74. The molecule has 1 aromatic carbocycles. The summed E-state index contributed by atoms with van der Waals surface area (Å²) in [7, 11) is 0. The van der Waals surface area contributed by atoms with E-state index in [1.54, 1.807) is 24.3 Å². The number of carbonyl (C=O) groups excluding carboxylic acids is 2. The maximum Gasteiger partial charge on any atom is 0.329 e. The van der Waals surface area contributed by atoms with Crippen molar-refractivity contribution in [3.8, 4) is 0 Å². The van der Waals surface area contributed by atoms with Gasteiger partial charge < -0.3 is 20.2 Å². The van der Waals surface area contributed by atoms with Crippen LogP contribution in [0.4, 0.5) is 5.69 Å². The second kappa shape index (κ2) is 7.65. The van der Waals surface area contributed by atoms with Crippen LogP contribution in [-0.4, -0.2) is 28.4 Å². The molecule has 2 aromatic rings. The Hall–Kier alpha value is -3.09. The Kier molecular flexibility index (Phi) is 5.59. The zero-order valence-electron chi connectivity index (χ0n) is 14.0. The standard InChI is InChI=1S/C18H20N2O5/c1-3-9-18(2,17(23)24)20-15(21)12-6-4-7-13(11-12)19-16(22)14-8-5-10-25-14/h4-8,10-11H,3,9H2,1-2H3,(H,19,22)(H,20,21)(H,23,24). The summed E-state index contributed by atoms with van der Waals surface area (Å²) in [5.74, 6) is -1.91. The average Bonchev–Trinajstić information content (AvgIpc) is 3.09. The van der Waals surface area contributed by atoms with Crippen molar-refractivity contribution >= 4 is 23.5 Å². The lowest BCUT2D eigenvalue weighted by molar-refractivity contribution is -0.144. The highest BCUT2D eigenvalue weighted by molar-refractivity contribution is 6.03. The van der Waals surface area contributed by atoms with Gasteiger partial charge in [-0.05, 0) is 43.7 Å². The van der Waals surface area contributed by atoms with E-state index in [4.69, 9.17) is 4.42 Å². The third-order valence-corrected chi connectivity index (χ3v) is 3.74. The van der Waals surface area contributed by atoms with Crippen LogP contribution in [0.5, 0.6) is 0 Å². The van der Waals surface area contributed by atoms with Crippen LogP contribution in [0.25, 0.3) is 0 Å². The first kappa shape index (κ1) is 18.3. The van der Waals surface area contributed by atoms with Crippen LogP contribution in [0.1, 0.15) is 47.6 Å². The summed E-state index contributed by atoms with van der Waals surface area (Å²) in [4.78, 5) is 35.8. The molecular formula is C18H20N2O5. The smallest absolute Gasteiger partial charge is 0.329 e. The van der Waals surface area contributed by atoms with Gasteiger partial charge in [0.05, 0.1) is 6.26 Å². The average molecular weight is 344 g/mol. The number of hydrogen-bond acceptors (Lipinski definition) is 4. The van der Waals surface area contributed by atoms with E-state index >= 15 is 0 Å². The van der Waals surface area contributed by atoms with E-state index in [0.717, 1.165) is 0 Å². The van der Waals surface area contributed by atoms with Crippen molar-refractivity contribution in [3.05, 3.63) is 54.0 Å². The van der Waals surface area contributed by atoms with Crippen molar-refractivity contribution in [2.24, 2.45) is 0 Å². The number of hydrogen-bond donors (Lipinski definition) is 3. The molecular weight excluding hydrogens is 324 g/mol. The van der Waals surface area contributed by atoms with Crippen LogP contribution >= 0.6 is 0 Å². The van der Waals surface area contributed by atoms with Crippen LogP contribution < -0.4 is 10.6 Å². The van der Waals surface area contributed by atoms with Gasteiger partial charge in [-0.15, -0.1) is 0 Å². The molecule has 1 heterocycles. The van der Waals surface area contributed by atoms with Crippen molar-refractivity contribution in [2.75, 3.05) is 5.32 Å². The molecule has 0 aliphatic rings. The highest BCUT2D eigenvalue weighted by Gasteiger charge is 2.34. The molecule has 2 amide bonds. The van der Waals surface area contributed by atoms with Gasteiger partial charge in [-0.1, -0.05) is 19.4 Å². The van der Waals surface area contributed by atoms with Crippen molar-refractivity contribution in [2.45, 2.75) is 32.2 Å². The van der Waals surface area contributed by atoms with E-state index in [1.165, 1.54) is 25.3 Å². The van der Waals surface area contributed by atoms with Crippen LogP contribution in [0.3, 0.4) is 0 Å². The molecule has 132 valence electrons. The van der Waals surface area contributed by atoms with Crippen LogP contribution in [-0.2, 0) is 4.79 Å². The summed E-state index contributed by atoms with van der Waals surface area (Å²) in [6, 6.07) is 9.37. The lowest BCUT2D eigenvalue weighted by atomic mass is 9.95. The predicted octanol–water partition coefficient (Wildman–Crippen LogP) is 2.91. The van der Waals surface area contributed by atoms with E-state index in [2.05, 4.69) is 10.6 Å². The van der Waals surface area contributed by atoms with Crippen molar-refractivity contribution < 1.29 is 23.9 Å².